The highest BCUT2D eigenvalue weighted by atomic mass is 16.5. The van der Waals surface area contributed by atoms with Crippen LogP contribution < -0.4 is 9.64 Å². The Morgan fingerprint density at radius 1 is 1.05 bits per heavy atom. The predicted octanol–water partition coefficient (Wildman–Crippen LogP) is 4.47. The van der Waals surface area contributed by atoms with Crippen molar-refractivity contribution < 1.29 is 14.3 Å². The first-order chi connectivity index (χ1) is 18.5. The van der Waals surface area contributed by atoms with Crippen LogP contribution in [0.3, 0.4) is 0 Å². The molecule has 0 radical (unpaired) electrons. The largest absolute Gasteiger partial charge is 0.485 e. The first-order valence-electron chi connectivity index (χ1n) is 13.4. The molecule has 0 atom stereocenters. The van der Waals surface area contributed by atoms with E-state index in [0.717, 1.165) is 67.5 Å². The lowest BCUT2D eigenvalue weighted by Crippen LogP contribution is -2.47. The number of para-hydroxylation sites is 1. The molecule has 8 heteroatoms. The highest BCUT2D eigenvalue weighted by molar-refractivity contribution is 5.93. The molecule has 0 aliphatic carbocycles. The number of rotatable bonds is 6. The summed E-state index contributed by atoms with van der Waals surface area (Å²) < 4.78 is 13.3. The maximum Gasteiger partial charge on any atom is 0.358 e. The van der Waals surface area contributed by atoms with Gasteiger partial charge >= 0.3 is 5.97 Å². The summed E-state index contributed by atoms with van der Waals surface area (Å²) in [5.74, 6) is 0.467. The quantitative estimate of drug-likeness (QED) is 0.354. The number of aryl methyl sites for hydroxylation is 2. The second-order valence-corrected chi connectivity index (χ2v) is 10.1. The van der Waals surface area contributed by atoms with Crippen molar-refractivity contribution in [2.24, 2.45) is 0 Å². The molecule has 6 rings (SSSR count). The van der Waals surface area contributed by atoms with E-state index in [4.69, 9.17) is 14.5 Å². The van der Waals surface area contributed by atoms with Crippen LogP contribution in [0.25, 0.3) is 16.6 Å². The predicted molar refractivity (Wildman–Crippen MR) is 147 cm³/mol. The molecular weight excluding hydrogens is 478 g/mol. The van der Waals surface area contributed by atoms with Gasteiger partial charge < -0.3 is 14.4 Å². The van der Waals surface area contributed by atoms with E-state index in [1.807, 2.05) is 23.6 Å². The Labute approximate surface area is 222 Å². The second kappa shape index (κ2) is 10.1. The average Bonchev–Trinajstić information content (AvgIpc) is 3.36. The molecule has 196 valence electrons. The molecule has 8 nitrogen and oxygen atoms in total. The number of nitrogens with zero attached hydrogens (tertiary/aromatic N) is 5. The summed E-state index contributed by atoms with van der Waals surface area (Å²) in [6.45, 7) is 11.6. The summed E-state index contributed by atoms with van der Waals surface area (Å²) in [5, 5.41) is 1.23. The number of hydrogen-bond donors (Lipinski definition) is 0. The van der Waals surface area contributed by atoms with Gasteiger partial charge in [0.25, 0.3) is 0 Å². The maximum absolute atomic E-state index is 12.3. The third kappa shape index (κ3) is 4.49. The molecule has 0 spiro atoms. The standard InChI is InChI=1S/C30H33N5O3/c1-4-37-30(36)28-27-18-38-29-22(6-5-7-25(29)35(27)19-31-28)10-11-33-12-14-34(15-13-33)26-17-20(2)16-24-23(26)9-8-21(3)32-24/h5-9,16-17,19H,4,10-15,18H2,1-3H3. The molecule has 1 saturated heterocycles. The number of ether oxygens (including phenoxy) is 2. The van der Waals surface area contributed by atoms with Crippen molar-refractivity contribution in [2.45, 2.75) is 33.8 Å². The first kappa shape index (κ1) is 24.4. The van der Waals surface area contributed by atoms with Crippen molar-refractivity contribution in [1.29, 1.82) is 0 Å². The summed E-state index contributed by atoms with van der Waals surface area (Å²) in [6, 6.07) is 15.0. The monoisotopic (exact) mass is 511 g/mol. The Balaban J connectivity index is 1.13. The number of aromatic nitrogens is 3. The number of piperazine rings is 1. The normalized spacial score (nSPS) is 15.2. The van der Waals surface area contributed by atoms with Crippen LogP contribution in [0, 0.1) is 13.8 Å². The van der Waals surface area contributed by atoms with Crippen LogP contribution in [-0.2, 0) is 17.8 Å². The number of carbonyl (C=O) groups excluding carboxylic acids is 1. The van der Waals surface area contributed by atoms with Crippen LogP contribution in [0.5, 0.6) is 5.75 Å². The number of carbonyl (C=O) groups is 1. The lowest BCUT2D eigenvalue weighted by molar-refractivity contribution is 0.0516. The van der Waals surface area contributed by atoms with Crippen LogP contribution in [0.4, 0.5) is 5.69 Å². The van der Waals surface area contributed by atoms with Crippen LogP contribution in [0.15, 0.2) is 48.8 Å². The van der Waals surface area contributed by atoms with E-state index in [1.54, 1.807) is 13.3 Å². The van der Waals surface area contributed by atoms with E-state index in [-0.39, 0.29) is 0 Å². The van der Waals surface area contributed by atoms with Gasteiger partial charge in [-0.15, -0.1) is 0 Å². The lowest BCUT2D eigenvalue weighted by atomic mass is 10.1. The van der Waals surface area contributed by atoms with Gasteiger partial charge in [-0.05, 0) is 68.7 Å². The Morgan fingerprint density at radius 2 is 1.89 bits per heavy atom. The molecule has 0 saturated carbocycles. The van der Waals surface area contributed by atoms with Crippen molar-refractivity contribution in [1.82, 2.24) is 19.4 Å². The van der Waals surface area contributed by atoms with E-state index in [1.165, 1.54) is 22.2 Å². The van der Waals surface area contributed by atoms with Gasteiger partial charge in [0.1, 0.15) is 18.7 Å². The zero-order chi connectivity index (χ0) is 26.2. The fourth-order valence-electron chi connectivity index (χ4n) is 5.56. The zero-order valence-electron chi connectivity index (χ0n) is 22.2. The number of anilines is 1. The summed E-state index contributed by atoms with van der Waals surface area (Å²) in [7, 11) is 0. The van der Waals surface area contributed by atoms with Gasteiger partial charge in [0, 0.05) is 49.5 Å². The maximum atomic E-state index is 12.3. The summed E-state index contributed by atoms with van der Waals surface area (Å²) in [5.41, 5.74) is 7.82. The highest BCUT2D eigenvalue weighted by Gasteiger charge is 2.27. The van der Waals surface area contributed by atoms with Gasteiger partial charge in [-0.2, -0.15) is 0 Å². The molecular formula is C30H33N5O3. The number of imidazole rings is 1. The minimum absolute atomic E-state index is 0.301. The fourth-order valence-corrected chi connectivity index (χ4v) is 5.56. The smallest absolute Gasteiger partial charge is 0.358 e. The van der Waals surface area contributed by atoms with Gasteiger partial charge in [-0.3, -0.25) is 14.5 Å². The van der Waals surface area contributed by atoms with Crippen LogP contribution in [0.2, 0.25) is 0 Å². The zero-order valence-corrected chi connectivity index (χ0v) is 22.2. The van der Waals surface area contributed by atoms with Crippen molar-refractivity contribution in [3.8, 4) is 11.4 Å². The van der Waals surface area contributed by atoms with Crippen molar-refractivity contribution in [2.75, 3.05) is 44.2 Å². The molecule has 38 heavy (non-hydrogen) atoms. The van der Waals surface area contributed by atoms with Gasteiger partial charge in [0.15, 0.2) is 5.69 Å². The Kier molecular flexibility index (Phi) is 6.49. The Morgan fingerprint density at radius 3 is 2.71 bits per heavy atom. The topological polar surface area (TPSA) is 72.7 Å². The summed E-state index contributed by atoms with van der Waals surface area (Å²) >= 11 is 0. The minimum atomic E-state index is -0.409. The molecule has 4 aromatic rings. The Bertz CT molecular complexity index is 1500. The average molecular weight is 512 g/mol. The second-order valence-electron chi connectivity index (χ2n) is 10.1. The van der Waals surface area contributed by atoms with Crippen molar-refractivity contribution >= 4 is 22.6 Å². The Hall–Kier alpha value is -3.91. The minimum Gasteiger partial charge on any atom is -0.485 e. The molecule has 2 aromatic carbocycles. The third-order valence-corrected chi connectivity index (χ3v) is 7.50. The van der Waals surface area contributed by atoms with E-state index in [9.17, 15) is 4.79 Å². The van der Waals surface area contributed by atoms with Gasteiger partial charge in [0.2, 0.25) is 0 Å². The SMILES string of the molecule is CCOC(=O)c1ncn2c1COc1c(CCN3CCN(c4cc(C)cc5nc(C)ccc45)CC3)cccc1-2. The molecule has 2 aliphatic rings. The van der Waals surface area contributed by atoms with E-state index < -0.39 is 5.97 Å². The molecule has 0 unspecified atom stereocenters. The van der Waals surface area contributed by atoms with Crippen molar-refractivity contribution in [3.05, 3.63) is 77.0 Å². The molecule has 0 N–H and O–H groups in total. The molecule has 0 amide bonds. The summed E-state index contributed by atoms with van der Waals surface area (Å²) in [4.78, 5) is 26.4. The third-order valence-electron chi connectivity index (χ3n) is 7.50. The molecule has 2 aromatic heterocycles. The number of fused-ring (bicyclic) bond motifs is 4. The number of esters is 1. The molecule has 1 fully saturated rings. The number of benzene rings is 2. The first-order valence-corrected chi connectivity index (χ1v) is 13.4. The van der Waals surface area contributed by atoms with E-state index in [0.29, 0.717) is 18.9 Å². The number of pyridine rings is 1. The summed E-state index contributed by atoms with van der Waals surface area (Å²) in [6.07, 6.45) is 2.59. The molecule has 4 heterocycles. The molecule has 0 bridgehead atoms. The lowest BCUT2D eigenvalue weighted by Gasteiger charge is -2.37. The van der Waals surface area contributed by atoms with Gasteiger partial charge in [0.05, 0.1) is 23.5 Å². The fraction of sp³-hybridized carbons (Fsp3) is 0.367. The van der Waals surface area contributed by atoms with Gasteiger partial charge in [-0.25, -0.2) is 9.78 Å². The van der Waals surface area contributed by atoms with Gasteiger partial charge in [-0.1, -0.05) is 12.1 Å². The van der Waals surface area contributed by atoms with Crippen LogP contribution in [-0.4, -0.2) is 64.7 Å². The van der Waals surface area contributed by atoms with E-state index in [2.05, 4.69) is 52.0 Å². The highest BCUT2D eigenvalue weighted by Crippen LogP contribution is 2.35. The van der Waals surface area contributed by atoms with E-state index >= 15 is 0 Å². The van der Waals surface area contributed by atoms with Crippen LogP contribution >= 0.6 is 0 Å². The van der Waals surface area contributed by atoms with Crippen LogP contribution in [0.1, 0.15) is 39.9 Å². The number of hydrogen-bond acceptors (Lipinski definition) is 7. The van der Waals surface area contributed by atoms with Crippen molar-refractivity contribution in [3.63, 3.8) is 0 Å². The molecule has 2 aliphatic heterocycles.